The third-order valence-electron chi connectivity index (χ3n) is 4.24. The second-order valence-corrected chi connectivity index (χ2v) is 6.06. The zero-order valence-electron chi connectivity index (χ0n) is 13.7. The first kappa shape index (κ1) is 16.0. The smallest absolute Gasteiger partial charge is 0.251 e. The Balaban J connectivity index is 1.87. The number of aromatic nitrogens is 2. The molecule has 23 heavy (non-hydrogen) atoms. The Bertz CT molecular complexity index is 728. The average Bonchev–Trinajstić information content (AvgIpc) is 2.56. The van der Waals surface area contributed by atoms with Crippen LogP contribution in [0.2, 0.25) is 0 Å². The molecule has 0 spiro atoms. The second-order valence-electron chi connectivity index (χ2n) is 6.06. The van der Waals surface area contributed by atoms with E-state index in [0.717, 1.165) is 49.3 Å². The molecule has 0 amide bonds. The zero-order chi connectivity index (χ0) is 16.2. The first-order chi connectivity index (χ1) is 11.2. The van der Waals surface area contributed by atoms with Gasteiger partial charge in [0.15, 0.2) is 5.82 Å². The third kappa shape index (κ3) is 3.54. The van der Waals surface area contributed by atoms with Crippen LogP contribution >= 0.6 is 0 Å². The summed E-state index contributed by atoms with van der Waals surface area (Å²) in [7, 11) is 0. The van der Waals surface area contributed by atoms with E-state index in [9.17, 15) is 4.79 Å². The molecular weight excluding hydrogens is 292 g/mol. The summed E-state index contributed by atoms with van der Waals surface area (Å²) in [5.74, 6) is 0.719. The van der Waals surface area contributed by atoms with Crippen molar-refractivity contribution in [1.82, 2.24) is 15.3 Å². The minimum atomic E-state index is -0.0716. The van der Waals surface area contributed by atoms with Gasteiger partial charge in [0, 0.05) is 30.3 Å². The molecule has 0 bridgehead atoms. The fourth-order valence-electron chi connectivity index (χ4n) is 2.96. The topological polar surface area (TPSA) is 79.0 Å². The Kier molecular flexibility index (Phi) is 4.93. The van der Waals surface area contributed by atoms with Crippen LogP contribution in [-0.2, 0) is 4.74 Å². The maximum Gasteiger partial charge on any atom is 0.251 e. The number of aromatic amines is 1. The van der Waals surface area contributed by atoms with Gasteiger partial charge in [-0.25, -0.2) is 4.98 Å². The van der Waals surface area contributed by atoms with Gasteiger partial charge in [-0.15, -0.1) is 0 Å². The number of hydrogen-bond donors (Lipinski definition) is 3. The normalized spacial score (nSPS) is 21.5. The van der Waals surface area contributed by atoms with Crippen molar-refractivity contribution in [3.8, 4) is 0 Å². The Morgan fingerprint density at radius 2 is 2.35 bits per heavy atom. The molecule has 1 aliphatic rings. The van der Waals surface area contributed by atoms with Gasteiger partial charge in [-0.3, -0.25) is 4.79 Å². The molecule has 0 saturated carbocycles. The lowest BCUT2D eigenvalue weighted by atomic mass is 10.0. The molecule has 124 valence electrons. The van der Waals surface area contributed by atoms with Crippen LogP contribution in [0.3, 0.4) is 0 Å². The van der Waals surface area contributed by atoms with Crippen LogP contribution in [0.5, 0.6) is 0 Å². The van der Waals surface area contributed by atoms with Gasteiger partial charge in [0.25, 0.3) is 5.56 Å². The van der Waals surface area contributed by atoms with Gasteiger partial charge in [0.2, 0.25) is 0 Å². The van der Waals surface area contributed by atoms with E-state index in [2.05, 4.69) is 27.5 Å². The van der Waals surface area contributed by atoms with Crippen LogP contribution < -0.4 is 16.2 Å². The maximum atomic E-state index is 11.9. The molecule has 6 heteroatoms. The number of hydrogen-bond acceptors (Lipinski definition) is 5. The third-order valence-corrected chi connectivity index (χ3v) is 4.24. The largest absolute Gasteiger partial charge is 0.375 e. The van der Waals surface area contributed by atoms with Crippen molar-refractivity contribution in [3.05, 3.63) is 34.2 Å². The van der Waals surface area contributed by atoms with Crippen LogP contribution in [0, 0.1) is 6.92 Å². The molecule has 0 aliphatic carbocycles. The minimum absolute atomic E-state index is 0.0716. The summed E-state index contributed by atoms with van der Waals surface area (Å²) in [5.41, 5.74) is 1.40. The highest BCUT2D eigenvalue weighted by Gasteiger charge is 2.26. The summed E-state index contributed by atoms with van der Waals surface area (Å²) in [6, 6.07) is 4.00. The van der Waals surface area contributed by atoms with Gasteiger partial charge in [-0.05, 0) is 38.4 Å². The first-order valence-corrected chi connectivity index (χ1v) is 8.26. The fraction of sp³-hybridized carbons (Fsp3) is 0.529. The van der Waals surface area contributed by atoms with Gasteiger partial charge in [-0.2, -0.15) is 0 Å². The van der Waals surface area contributed by atoms with Gasteiger partial charge in [-0.1, -0.05) is 6.92 Å². The van der Waals surface area contributed by atoms with Crippen molar-refractivity contribution in [2.45, 2.75) is 38.8 Å². The Morgan fingerprint density at radius 3 is 3.17 bits per heavy atom. The number of nitrogens with one attached hydrogen (secondary N) is 3. The van der Waals surface area contributed by atoms with Crippen molar-refractivity contribution in [2.24, 2.45) is 0 Å². The molecular formula is C17H24N4O2. The second kappa shape index (κ2) is 7.10. The van der Waals surface area contributed by atoms with E-state index >= 15 is 0 Å². The summed E-state index contributed by atoms with van der Waals surface area (Å²) in [6.07, 6.45) is 3.84. The van der Waals surface area contributed by atoms with Crippen LogP contribution in [0.1, 0.15) is 25.3 Å². The van der Waals surface area contributed by atoms with Gasteiger partial charge < -0.3 is 20.4 Å². The van der Waals surface area contributed by atoms with Crippen LogP contribution in [0.25, 0.3) is 10.9 Å². The van der Waals surface area contributed by atoms with Crippen molar-refractivity contribution >= 4 is 16.7 Å². The lowest BCUT2D eigenvalue weighted by Gasteiger charge is -2.33. The Hall–Kier alpha value is -1.92. The standard InChI is InChI=1S/C17H24N4O2/c1-3-8-23-14-10-18-6-5-13(14)20-16-15-12(4-7-19-16)9-11(2)17(22)21-15/h4,7,9,13-14,18H,3,5-6,8,10H2,1-2H3,(H,19,20)(H,21,22)/t13-,14-/m1/s1. The highest BCUT2D eigenvalue weighted by Crippen LogP contribution is 2.21. The van der Waals surface area contributed by atoms with Gasteiger partial charge >= 0.3 is 0 Å². The quantitative estimate of drug-likeness (QED) is 0.784. The molecule has 2 aromatic heterocycles. The molecule has 6 nitrogen and oxygen atoms in total. The molecule has 2 aromatic rings. The summed E-state index contributed by atoms with van der Waals surface area (Å²) >= 11 is 0. The minimum Gasteiger partial charge on any atom is -0.375 e. The van der Waals surface area contributed by atoms with Crippen molar-refractivity contribution in [1.29, 1.82) is 0 Å². The van der Waals surface area contributed by atoms with Crippen molar-refractivity contribution < 1.29 is 4.74 Å². The number of piperidine rings is 1. The number of nitrogens with zero attached hydrogens (tertiary/aromatic N) is 1. The number of fused-ring (bicyclic) bond motifs is 1. The molecule has 3 heterocycles. The molecule has 0 unspecified atom stereocenters. The predicted molar refractivity (Wildman–Crippen MR) is 92.0 cm³/mol. The molecule has 1 saturated heterocycles. The maximum absolute atomic E-state index is 11.9. The Morgan fingerprint density at radius 1 is 1.48 bits per heavy atom. The summed E-state index contributed by atoms with van der Waals surface area (Å²) in [4.78, 5) is 19.3. The lowest BCUT2D eigenvalue weighted by Crippen LogP contribution is -2.49. The van der Waals surface area contributed by atoms with Crippen molar-refractivity contribution in [3.63, 3.8) is 0 Å². The number of ether oxygens (including phenoxy) is 1. The summed E-state index contributed by atoms with van der Waals surface area (Å²) < 4.78 is 5.95. The van der Waals surface area contributed by atoms with Crippen LogP contribution in [0.4, 0.5) is 5.82 Å². The highest BCUT2D eigenvalue weighted by atomic mass is 16.5. The number of anilines is 1. The molecule has 3 rings (SSSR count). The summed E-state index contributed by atoms with van der Waals surface area (Å²) in [5, 5.41) is 7.84. The number of H-pyrrole nitrogens is 1. The van der Waals surface area contributed by atoms with E-state index in [1.807, 2.05) is 19.1 Å². The number of rotatable bonds is 5. The zero-order valence-corrected chi connectivity index (χ0v) is 13.7. The monoisotopic (exact) mass is 316 g/mol. The van der Waals surface area contributed by atoms with Crippen LogP contribution in [-0.4, -0.2) is 41.8 Å². The van der Waals surface area contributed by atoms with Crippen molar-refractivity contribution in [2.75, 3.05) is 25.0 Å². The summed E-state index contributed by atoms with van der Waals surface area (Å²) in [6.45, 7) is 6.46. The predicted octanol–water partition coefficient (Wildman–Crippen LogP) is 1.80. The van der Waals surface area contributed by atoms with Gasteiger partial charge in [0.1, 0.15) is 0 Å². The van der Waals surface area contributed by atoms with E-state index < -0.39 is 0 Å². The molecule has 3 N–H and O–H groups in total. The van der Waals surface area contributed by atoms with Gasteiger partial charge in [0.05, 0.1) is 17.7 Å². The highest BCUT2D eigenvalue weighted by molar-refractivity contribution is 5.88. The molecule has 1 fully saturated rings. The van der Waals surface area contributed by atoms with E-state index in [1.165, 1.54) is 0 Å². The number of pyridine rings is 2. The van der Waals surface area contributed by atoms with E-state index in [-0.39, 0.29) is 17.7 Å². The van der Waals surface area contributed by atoms with E-state index in [0.29, 0.717) is 5.56 Å². The molecule has 2 atom stereocenters. The molecule has 0 radical (unpaired) electrons. The lowest BCUT2D eigenvalue weighted by molar-refractivity contribution is 0.0291. The SMILES string of the molecule is CCCO[C@@H]1CNCC[C@H]1Nc1nccc2cc(C)c(=O)[nH]c12. The first-order valence-electron chi connectivity index (χ1n) is 8.26. The fourth-order valence-corrected chi connectivity index (χ4v) is 2.96. The van der Waals surface area contributed by atoms with Crippen LogP contribution in [0.15, 0.2) is 23.1 Å². The van der Waals surface area contributed by atoms with E-state index in [1.54, 1.807) is 6.20 Å². The molecule has 1 aliphatic heterocycles. The molecule has 0 aromatic carbocycles. The number of aryl methyl sites for hydroxylation is 1. The Labute approximate surface area is 135 Å². The van der Waals surface area contributed by atoms with E-state index in [4.69, 9.17) is 4.74 Å². The average molecular weight is 316 g/mol.